The molecule has 2 rings (SSSR count). The van der Waals surface area contributed by atoms with E-state index in [4.69, 9.17) is 15.2 Å². The van der Waals surface area contributed by atoms with Crippen LogP contribution >= 0.6 is 0 Å². The largest absolute Gasteiger partial charge is 0.490 e. The van der Waals surface area contributed by atoms with Gasteiger partial charge in [0.1, 0.15) is 17.9 Å². The first-order valence-corrected chi connectivity index (χ1v) is 6.86. The predicted molar refractivity (Wildman–Crippen MR) is 74.6 cm³/mol. The fourth-order valence-corrected chi connectivity index (χ4v) is 2.18. The Labute approximate surface area is 119 Å². The Hall–Kier alpha value is -1.59. The van der Waals surface area contributed by atoms with Gasteiger partial charge in [0, 0.05) is 12.8 Å². The molecule has 1 aromatic rings. The van der Waals surface area contributed by atoms with E-state index in [0.29, 0.717) is 6.42 Å². The van der Waals surface area contributed by atoms with Gasteiger partial charge in [-0.05, 0) is 24.1 Å². The van der Waals surface area contributed by atoms with E-state index in [9.17, 15) is 4.79 Å². The van der Waals surface area contributed by atoms with Gasteiger partial charge in [0.25, 0.3) is 0 Å². The molecule has 1 unspecified atom stereocenters. The zero-order valence-electron chi connectivity index (χ0n) is 11.7. The van der Waals surface area contributed by atoms with Crippen molar-refractivity contribution in [3.8, 4) is 5.75 Å². The van der Waals surface area contributed by atoms with Gasteiger partial charge in [-0.3, -0.25) is 4.79 Å². The van der Waals surface area contributed by atoms with Crippen LogP contribution in [0.2, 0.25) is 0 Å². The third kappa shape index (κ3) is 4.21. The lowest BCUT2D eigenvalue weighted by Gasteiger charge is -2.23. The summed E-state index contributed by atoms with van der Waals surface area (Å²) < 4.78 is 15.8. The number of ether oxygens (including phenoxy) is 3. The Morgan fingerprint density at radius 2 is 2.00 bits per heavy atom. The highest BCUT2D eigenvalue weighted by molar-refractivity contribution is 5.75. The highest BCUT2D eigenvalue weighted by atomic mass is 16.5. The van der Waals surface area contributed by atoms with Gasteiger partial charge in [-0.2, -0.15) is 0 Å². The van der Waals surface area contributed by atoms with Crippen molar-refractivity contribution in [1.82, 2.24) is 0 Å². The first kappa shape index (κ1) is 14.8. The van der Waals surface area contributed by atoms with Crippen molar-refractivity contribution in [2.45, 2.75) is 31.4 Å². The molecule has 20 heavy (non-hydrogen) atoms. The molecule has 2 N–H and O–H groups in total. The Bertz CT molecular complexity index is 426. The van der Waals surface area contributed by atoms with Crippen LogP contribution in [0.3, 0.4) is 0 Å². The highest BCUT2D eigenvalue weighted by Crippen LogP contribution is 2.19. The molecule has 0 aliphatic carbocycles. The van der Waals surface area contributed by atoms with Gasteiger partial charge in [0.15, 0.2) is 0 Å². The fourth-order valence-electron chi connectivity index (χ4n) is 2.18. The van der Waals surface area contributed by atoms with Crippen molar-refractivity contribution in [3.05, 3.63) is 29.8 Å². The number of carbonyl (C=O) groups is 1. The van der Waals surface area contributed by atoms with Gasteiger partial charge in [-0.1, -0.05) is 12.1 Å². The van der Waals surface area contributed by atoms with Crippen molar-refractivity contribution in [2.75, 3.05) is 20.3 Å². The molecule has 0 spiro atoms. The minimum atomic E-state index is -0.623. The Morgan fingerprint density at radius 1 is 1.35 bits per heavy atom. The number of hydrogen-bond acceptors (Lipinski definition) is 5. The third-order valence-electron chi connectivity index (χ3n) is 3.35. The van der Waals surface area contributed by atoms with Crippen LogP contribution in [0.25, 0.3) is 0 Å². The third-order valence-corrected chi connectivity index (χ3v) is 3.35. The molecule has 0 saturated carbocycles. The van der Waals surface area contributed by atoms with E-state index in [-0.39, 0.29) is 6.10 Å². The number of carbonyl (C=O) groups excluding carboxylic acids is 1. The zero-order chi connectivity index (χ0) is 14.4. The molecule has 5 nitrogen and oxygen atoms in total. The average Bonchev–Trinajstić information content (AvgIpc) is 2.49. The van der Waals surface area contributed by atoms with Crippen LogP contribution in [0.5, 0.6) is 5.75 Å². The van der Waals surface area contributed by atoms with Crippen molar-refractivity contribution in [1.29, 1.82) is 0 Å². The molecule has 110 valence electrons. The first-order chi connectivity index (χ1) is 9.69. The summed E-state index contributed by atoms with van der Waals surface area (Å²) in [6.45, 7) is 1.52. The van der Waals surface area contributed by atoms with E-state index in [1.807, 2.05) is 24.3 Å². The lowest BCUT2D eigenvalue weighted by atomic mass is 10.1. The molecule has 0 aromatic heterocycles. The molecular formula is C15H21NO4. The second kappa shape index (κ2) is 7.26. The van der Waals surface area contributed by atoms with Crippen LogP contribution in [-0.2, 0) is 20.7 Å². The summed E-state index contributed by atoms with van der Waals surface area (Å²) in [6, 6.07) is 7.06. The second-order valence-electron chi connectivity index (χ2n) is 4.91. The molecule has 5 heteroatoms. The standard InChI is InChI=1S/C15H21NO4/c1-18-15(17)14(16)10-11-2-4-12(5-3-11)20-13-6-8-19-9-7-13/h2-5,13-14H,6-10,16H2,1H3. The number of esters is 1. The van der Waals surface area contributed by atoms with Gasteiger partial charge in [-0.15, -0.1) is 0 Å². The van der Waals surface area contributed by atoms with Crippen molar-refractivity contribution < 1.29 is 19.0 Å². The van der Waals surface area contributed by atoms with Crippen LogP contribution in [-0.4, -0.2) is 38.4 Å². The lowest BCUT2D eigenvalue weighted by Crippen LogP contribution is -2.33. The van der Waals surface area contributed by atoms with Crippen molar-refractivity contribution >= 4 is 5.97 Å². The summed E-state index contributed by atoms with van der Waals surface area (Å²) in [5.74, 6) is 0.444. The predicted octanol–water partition coefficient (Wildman–Crippen LogP) is 1.29. The smallest absolute Gasteiger partial charge is 0.322 e. The molecule has 0 radical (unpaired) electrons. The summed E-state index contributed by atoms with van der Waals surface area (Å²) in [5, 5.41) is 0. The Balaban J connectivity index is 1.87. The molecule has 1 aliphatic rings. The second-order valence-corrected chi connectivity index (χ2v) is 4.91. The van der Waals surface area contributed by atoms with Crippen LogP contribution in [0.4, 0.5) is 0 Å². The van der Waals surface area contributed by atoms with E-state index in [1.54, 1.807) is 0 Å². The van der Waals surface area contributed by atoms with Crippen LogP contribution in [0.15, 0.2) is 24.3 Å². The van der Waals surface area contributed by atoms with Crippen molar-refractivity contribution in [3.63, 3.8) is 0 Å². The summed E-state index contributed by atoms with van der Waals surface area (Å²) >= 11 is 0. The number of nitrogens with two attached hydrogens (primary N) is 1. The monoisotopic (exact) mass is 279 g/mol. The van der Waals surface area contributed by atoms with E-state index < -0.39 is 12.0 Å². The molecule has 1 heterocycles. The fraction of sp³-hybridized carbons (Fsp3) is 0.533. The van der Waals surface area contributed by atoms with Gasteiger partial charge >= 0.3 is 5.97 Å². The lowest BCUT2D eigenvalue weighted by molar-refractivity contribution is -0.142. The van der Waals surface area contributed by atoms with Crippen LogP contribution < -0.4 is 10.5 Å². The summed E-state index contributed by atoms with van der Waals surface area (Å²) in [5.41, 5.74) is 6.72. The summed E-state index contributed by atoms with van der Waals surface area (Å²) in [7, 11) is 1.34. The molecule has 0 bridgehead atoms. The zero-order valence-corrected chi connectivity index (χ0v) is 11.7. The van der Waals surface area contributed by atoms with Gasteiger partial charge in [-0.25, -0.2) is 0 Å². The highest BCUT2D eigenvalue weighted by Gasteiger charge is 2.16. The number of methoxy groups -OCH3 is 1. The normalized spacial score (nSPS) is 17.5. The van der Waals surface area contributed by atoms with E-state index >= 15 is 0 Å². The maximum atomic E-state index is 11.3. The molecule has 1 aromatic carbocycles. The molecule has 1 fully saturated rings. The topological polar surface area (TPSA) is 70.8 Å². The van der Waals surface area contributed by atoms with E-state index in [1.165, 1.54) is 7.11 Å². The van der Waals surface area contributed by atoms with E-state index in [0.717, 1.165) is 37.4 Å². The number of hydrogen-bond donors (Lipinski definition) is 1. The van der Waals surface area contributed by atoms with Gasteiger partial charge in [0.2, 0.25) is 0 Å². The number of benzene rings is 1. The molecule has 1 aliphatic heterocycles. The Morgan fingerprint density at radius 3 is 2.60 bits per heavy atom. The van der Waals surface area contributed by atoms with Crippen LogP contribution in [0, 0.1) is 0 Å². The first-order valence-electron chi connectivity index (χ1n) is 6.86. The summed E-state index contributed by atoms with van der Waals surface area (Å²) in [4.78, 5) is 11.3. The Kier molecular flexibility index (Phi) is 5.38. The van der Waals surface area contributed by atoms with Gasteiger partial charge < -0.3 is 19.9 Å². The van der Waals surface area contributed by atoms with E-state index in [2.05, 4.69) is 4.74 Å². The maximum absolute atomic E-state index is 11.3. The van der Waals surface area contributed by atoms with Gasteiger partial charge in [0.05, 0.1) is 20.3 Å². The SMILES string of the molecule is COC(=O)C(N)Cc1ccc(OC2CCOCC2)cc1. The minimum absolute atomic E-state index is 0.229. The molecule has 1 atom stereocenters. The number of rotatable bonds is 5. The van der Waals surface area contributed by atoms with Crippen LogP contribution in [0.1, 0.15) is 18.4 Å². The quantitative estimate of drug-likeness (QED) is 0.822. The molecule has 1 saturated heterocycles. The molecule has 0 amide bonds. The maximum Gasteiger partial charge on any atom is 0.322 e. The molecular weight excluding hydrogens is 258 g/mol. The minimum Gasteiger partial charge on any atom is -0.490 e. The van der Waals surface area contributed by atoms with Crippen molar-refractivity contribution in [2.24, 2.45) is 5.73 Å². The summed E-state index contributed by atoms with van der Waals surface area (Å²) in [6.07, 6.45) is 2.54. The average molecular weight is 279 g/mol.